The third-order valence-electron chi connectivity index (χ3n) is 2.48. The molecular formula is C11H23NO2. The molecule has 84 valence electrons. The Morgan fingerprint density at radius 2 is 2.00 bits per heavy atom. The molecule has 0 radical (unpaired) electrons. The Bertz CT molecular complexity index is 146. The third-order valence-corrected chi connectivity index (χ3v) is 2.48. The van der Waals surface area contributed by atoms with Gasteiger partial charge in [0.25, 0.3) is 0 Å². The molecule has 0 amide bonds. The fourth-order valence-electron chi connectivity index (χ4n) is 1.55. The first-order valence-electron chi connectivity index (χ1n) is 5.54. The van der Waals surface area contributed by atoms with Crippen LogP contribution in [0.5, 0.6) is 0 Å². The molecule has 2 atom stereocenters. The molecule has 2 unspecified atom stereocenters. The number of oxime groups is 1. The Morgan fingerprint density at radius 1 is 1.29 bits per heavy atom. The highest BCUT2D eigenvalue weighted by Crippen LogP contribution is 2.18. The maximum Gasteiger partial charge on any atom is 0.0512 e. The van der Waals surface area contributed by atoms with Gasteiger partial charge in [-0.25, -0.2) is 0 Å². The van der Waals surface area contributed by atoms with E-state index in [-0.39, 0.29) is 6.10 Å². The second-order valence-electron chi connectivity index (χ2n) is 3.97. The van der Waals surface area contributed by atoms with Crippen LogP contribution in [0.3, 0.4) is 0 Å². The van der Waals surface area contributed by atoms with Crippen molar-refractivity contribution in [3.63, 3.8) is 0 Å². The van der Waals surface area contributed by atoms with Crippen molar-refractivity contribution in [1.82, 2.24) is 0 Å². The van der Waals surface area contributed by atoms with Crippen LogP contribution in [0.4, 0.5) is 0 Å². The second kappa shape index (κ2) is 9.00. The van der Waals surface area contributed by atoms with Crippen LogP contribution in [0, 0.1) is 5.92 Å². The van der Waals surface area contributed by atoms with E-state index in [1.165, 1.54) is 12.8 Å². The molecule has 0 aliphatic carbocycles. The van der Waals surface area contributed by atoms with E-state index < -0.39 is 0 Å². The van der Waals surface area contributed by atoms with Gasteiger partial charge in [0.2, 0.25) is 0 Å². The minimum absolute atomic E-state index is 0.217. The zero-order chi connectivity index (χ0) is 10.8. The first-order chi connectivity index (χ1) is 6.70. The van der Waals surface area contributed by atoms with Gasteiger partial charge in [-0.1, -0.05) is 26.2 Å². The largest absolute Gasteiger partial charge is 0.411 e. The van der Waals surface area contributed by atoms with Gasteiger partial charge in [-0.05, 0) is 32.1 Å². The standard InChI is InChI=1S/C11H23NO2/c1-3-4-5-11(8-9-12-14)7-6-10(2)13/h9-11,13-14H,3-8H2,1-2H3. The summed E-state index contributed by atoms with van der Waals surface area (Å²) in [6, 6.07) is 0. The quantitative estimate of drug-likeness (QED) is 0.360. The lowest BCUT2D eigenvalue weighted by molar-refractivity contribution is 0.172. The summed E-state index contributed by atoms with van der Waals surface area (Å²) in [4.78, 5) is 0. The molecule has 0 saturated heterocycles. The average Bonchev–Trinajstić information content (AvgIpc) is 2.16. The molecule has 0 aromatic rings. The SMILES string of the molecule is CCCCC(CC=NO)CCC(C)O. The molecule has 0 fully saturated rings. The minimum Gasteiger partial charge on any atom is -0.411 e. The summed E-state index contributed by atoms with van der Waals surface area (Å²) in [7, 11) is 0. The Kier molecular flexibility index (Phi) is 8.64. The summed E-state index contributed by atoms with van der Waals surface area (Å²) >= 11 is 0. The van der Waals surface area contributed by atoms with Crippen molar-refractivity contribution in [2.24, 2.45) is 11.1 Å². The van der Waals surface area contributed by atoms with Crippen LogP contribution >= 0.6 is 0 Å². The molecule has 0 aliphatic rings. The lowest BCUT2D eigenvalue weighted by atomic mass is 9.93. The molecular weight excluding hydrogens is 178 g/mol. The Hall–Kier alpha value is -0.570. The zero-order valence-electron chi connectivity index (χ0n) is 9.32. The number of unbranched alkanes of at least 4 members (excludes halogenated alkanes) is 1. The number of hydrogen-bond donors (Lipinski definition) is 2. The Balaban J connectivity index is 3.71. The summed E-state index contributed by atoms with van der Waals surface area (Å²) in [5, 5.41) is 20.5. The second-order valence-corrected chi connectivity index (χ2v) is 3.97. The van der Waals surface area contributed by atoms with Crippen molar-refractivity contribution < 1.29 is 10.3 Å². The molecule has 0 aromatic heterocycles. The maximum absolute atomic E-state index is 9.17. The van der Waals surface area contributed by atoms with E-state index >= 15 is 0 Å². The summed E-state index contributed by atoms with van der Waals surface area (Å²) in [6.07, 6.45) is 7.59. The van der Waals surface area contributed by atoms with Gasteiger partial charge < -0.3 is 10.3 Å². The van der Waals surface area contributed by atoms with Gasteiger partial charge in [0.1, 0.15) is 0 Å². The van der Waals surface area contributed by atoms with Crippen LogP contribution in [0.2, 0.25) is 0 Å². The lowest BCUT2D eigenvalue weighted by Crippen LogP contribution is -2.07. The van der Waals surface area contributed by atoms with E-state index in [9.17, 15) is 0 Å². The Morgan fingerprint density at radius 3 is 2.50 bits per heavy atom. The molecule has 0 bridgehead atoms. The first-order valence-corrected chi connectivity index (χ1v) is 5.54. The molecule has 0 aromatic carbocycles. The molecule has 0 aliphatic heterocycles. The van der Waals surface area contributed by atoms with Gasteiger partial charge in [0, 0.05) is 6.21 Å². The highest BCUT2D eigenvalue weighted by atomic mass is 16.4. The lowest BCUT2D eigenvalue weighted by Gasteiger charge is -2.14. The molecule has 3 nitrogen and oxygen atoms in total. The van der Waals surface area contributed by atoms with Crippen LogP contribution < -0.4 is 0 Å². The number of rotatable bonds is 8. The fraction of sp³-hybridized carbons (Fsp3) is 0.909. The predicted octanol–water partition coefficient (Wildman–Crippen LogP) is 2.80. The maximum atomic E-state index is 9.17. The molecule has 2 N–H and O–H groups in total. The number of aliphatic hydroxyl groups excluding tert-OH is 1. The molecule has 3 heteroatoms. The zero-order valence-corrected chi connectivity index (χ0v) is 9.32. The van der Waals surface area contributed by atoms with Gasteiger partial charge in [0.15, 0.2) is 0 Å². The van der Waals surface area contributed by atoms with E-state index in [1.807, 2.05) is 6.92 Å². The van der Waals surface area contributed by atoms with Crippen LogP contribution in [0.15, 0.2) is 5.16 Å². The van der Waals surface area contributed by atoms with E-state index in [0.29, 0.717) is 5.92 Å². The van der Waals surface area contributed by atoms with E-state index in [2.05, 4.69) is 12.1 Å². The minimum atomic E-state index is -0.217. The van der Waals surface area contributed by atoms with Gasteiger partial charge in [-0.3, -0.25) is 0 Å². The number of hydrogen-bond acceptors (Lipinski definition) is 3. The van der Waals surface area contributed by atoms with Gasteiger partial charge in [0.05, 0.1) is 6.10 Å². The Labute approximate surface area is 86.8 Å². The summed E-state index contributed by atoms with van der Waals surface area (Å²) in [5.74, 6) is 0.556. The molecule has 0 spiro atoms. The smallest absolute Gasteiger partial charge is 0.0512 e. The van der Waals surface area contributed by atoms with Gasteiger partial charge >= 0.3 is 0 Å². The normalized spacial score (nSPS) is 15.9. The summed E-state index contributed by atoms with van der Waals surface area (Å²) in [6.45, 7) is 3.99. The van der Waals surface area contributed by atoms with Gasteiger partial charge in [-0.15, -0.1) is 5.16 Å². The average molecular weight is 201 g/mol. The first kappa shape index (κ1) is 13.4. The van der Waals surface area contributed by atoms with Crippen LogP contribution in [-0.4, -0.2) is 22.6 Å². The molecule has 14 heavy (non-hydrogen) atoms. The topological polar surface area (TPSA) is 52.8 Å². The van der Waals surface area contributed by atoms with Crippen molar-refractivity contribution in [1.29, 1.82) is 0 Å². The van der Waals surface area contributed by atoms with E-state index in [4.69, 9.17) is 10.3 Å². The predicted molar refractivity (Wildman–Crippen MR) is 58.8 cm³/mol. The number of nitrogens with zero attached hydrogens (tertiary/aromatic N) is 1. The molecule has 0 saturated carbocycles. The van der Waals surface area contributed by atoms with Crippen molar-refractivity contribution >= 4 is 6.21 Å². The van der Waals surface area contributed by atoms with E-state index in [1.54, 1.807) is 6.21 Å². The molecule has 0 heterocycles. The number of aliphatic hydroxyl groups is 1. The monoisotopic (exact) mass is 201 g/mol. The summed E-state index contributed by atoms with van der Waals surface area (Å²) < 4.78 is 0. The fourth-order valence-corrected chi connectivity index (χ4v) is 1.55. The van der Waals surface area contributed by atoms with Crippen molar-refractivity contribution in [2.45, 2.75) is 58.5 Å². The van der Waals surface area contributed by atoms with E-state index in [0.717, 1.165) is 25.7 Å². The van der Waals surface area contributed by atoms with Crippen molar-refractivity contribution in [3.05, 3.63) is 0 Å². The van der Waals surface area contributed by atoms with Crippen molar-refractivity contribution in [3.8, 4) is 0 Å². The highest BCUT2D eigenvalue weighted by molar-refractivity contribution is 5.56. The van der Waals surface area contributed by atoms with Crippen LogP contribution in [-0.2, 0) is 0 Å². The van der Waals surface area contributed by atoms with Crippen LogP contribution in [0.25, 0.3) is 0 Å². The molecule has 0 rings (SSSR count). The summed E-state index contributed by atoms with van der Waals surface area (Å²) in [5.41, 5.74) is 0. The highest BCUT2D eigenvalue weighted by Gasteiger charge is 2.08. The van der Waals surface area contributed by atoms with Gasteiger partial charge in [-0.2, -0.15) is 0 Å². The third kappa shape index (κ3) is 8.05. The van der Waals surface area contributed by atoms with Crippen molar-refractivity contribution in [2.75, 3.05) is 0 Å². The van der Waals surface area contributed by atoms with Crippen LogP contribution in [0.1, 0.15) is 52.4 Å².